The van der Waals surface area contributed by atoms with E-state index in [-0.39, 0.29) is 0 Å². The number of hydrogen-bond acceptors (Lipinski definition) is 2. The van der Waals surface area contributed by atoms with Gasteiger partial charge in [-0.2, -0.15) is 0 Å². The summed E-state index contributed by atoms with van der Waals surface area (Å²) in [7, 11) is 2.19. The van der Waals surface area contributed by atoms with Crippen LogP contribution in [0.15, 0.2) is 12.2 Å². The summed E-state index contributed by atoms with van der Waals surface area (Å²) < 4.78 is 0. The minimum atomic E-state index is 0.668. The van der Waals surface area contributed by atoms with Crippen molar-refractivity contribution in [3.05, 3.63) is 12.2 Å². The number of likely N-dealkylation sites (N-methyl/N-ethyl adjacent to an activating group) is 1. The van der Waals surface area contributed by atoms with Crippen molar-refractivity contribution in [3.8, 4) is 0 Å². The van der Waals surface area contributed by atoms with Gasteiger partial charge in [0.1, 0.15) is 0 Å². The highest BCUT2D eigenvalue weighted by molar-refractivity contribution is 4.94. The monoisotopic (exact) mass is 168 g/mol. The van der Waals surface area contributed by atoms with Crippen LogP contribution in [0.3, 0.4) is 0 Å². The average Bonchev–Trinajstić information content (AvgIpc) is 2.28. The van der Waals surface area contributed by atoms with Crippen LogP contribution in [0.2, 0.25) is 0 Å². The molecule has 2 heteroatoms. The van der Waals surface area contributed by atoms with Crippen molar-refractivity contribution in [3.63, 3.8) is 0 Å². The molecule has 0 aromatic carbocycles. The van der Waals surface area contributed by atoms with Crippen LogP contribution in [0, 0.1) is 0 Å². The highest BCUT2D eigenvalue weighted by Crippen LogP contribution is 2.14. The second-order valence-electron chi connectivity index (χ2n) is 4.06. The van der Waals surface area contributed by atoms with Crippen LogP contribution in [0.25, 0.3) is 0 Å². The number of nitrogens with zero attached hydrogens (tertiary/aromatic N) is 1. The van der Waals surface area contributed by atoms with E-state index in [1.807, 2.05) is 0 Å². The first-order valence-corrected chi connectivity index (χ1v) is 4.67. The Kier molecular flexibility index (Phi) is 3.29. The minimum absolute atomic E-state index is 0.668. The molecule has 1 aliphatic heterocycles. The molecular weight excluding hydrogens is 148 g/mol. The van der Waals surface area contributed by atoms with Gasteiger partial charge in [-0.25, -0.2) is 0 Å². The fourth-order valence-electron chi connectivity index (χ4n) is 1.66. The molecule has 2 unspecified atom stereocenters. The van der Waals surface area contributed by atoms with Crippen molar-refractivity contribution in [2.45, 2.75) is 32.4 Å². The molecule has 0 saturated carbocycles. The zero-order chi connectivity index (χ0) is 9.14. The first kappa shape index (κ1) is 9.75. The van der Waals surface area contributed by atoms with Crippen molar-refractivity contribution in [2.75, 3.05) is 20.1 Å². The first-order valence-electron chi connectivity index (χ1n) is 4.67. The summed E-state index contributed by atoms with van der Waals surface area (Å²) in [5.41, 5.74) is 1.22. The van der Waals surface area contributed by atoms with Gasteiger partial charge in [0.25, 0.3) is 0 Å². The van der Waals surface area contributed by atoms with Crippen LogP contribution in [0.5, 0.6) is 0 Å². The van der Waals surface area contributed by atoms with Gasteiger partial charge < -0.3 is 10.2 Å². The maximum atomic E-state index is 3.88. The molecule has 1 rings (SSSR count). The molecule has 0 amide bonds. The predicted molar refractivity (Wildman–Crippen MR) is 53.3 cm³/mol. The van der Waals surface area contributed by atoms with Gasteiger partial charge in [0.15, 0.2) is 0 Å². The Hall–Kier alpha value is -0.340. The van der Waals surface area contributed by atoms with Gasteiger partial charge in [0.05, 0.1) is 0 Å². The smallest absolute Gasteiger partial charge is 0.0212 e. The first-order chi connectivity index (χ1) is 5.59. The zero-order valence-corrected chi connectivity index (χ0v) is 8.43. The maximum Gasteiger partial charge on any atom is 0.0212 e. The van der Waals surface area contributed by atoms with E-state index in [0.29, 0.717) is 6.04 Å². The molecule has 0 radical (unpaired) electrons. The Labute approximate surface area is 75.6 Å². The van der Waals surface area contributed by atoms with Gasteiger partial charge in [-0.05, 0) is 27.3 Å². The van der Waals surface area contributed by atoms with Gasteiger partial charge >= 0.3 is 0 Å². The SMILES string of the molecule is C=C(C)CNC1CC(C)N(C)C1. The summed E-state index contributed by atoms with van der Waals surface area (Å²) in [5.74, 6) is 0. The van der Waals surface area contributed by atoms with Crippen LogP contribution >= 0.6 is 0 Å². The second-order valence-corrected chi connectivity index (χ2v) is 4.06. The average molecular weight is 168 g/mol. The largest absolute Gasteiger partial charge is 0.309 e. The molecule has 0 aromatic heterocycles. The molecule has 1 N–H and O–H groups in total. The molecule has 1 fully saturated rings. The number of hydrogen-bond donors (Lipinski definition) is 1. The third kappa shape index (κ3) is 2.61. The van der Waals surface area contributed by atoms with Gasteiger partial charge in [0.2, 0.25) is 0 Å². The topological polar surface area (TPSA) is 15.3 Å². The van der Waals surface area contributed by atoms with Crippen molar-refractivity contribution in [1.82, 2.24) is 10.2 Å². The van der Waals surface area contributed by atoms with Crippen LogP contribution in [0.1, 0.15) is 20.3 Å². The Morgan fingerprint density at radius 3 is 2.75 bits per heavy atom. The lowest BCUT2D eigenvalue weighted by Gasteiger charge is -2.13. The maximum absolute atomic E-state index is 3.88. The van der Waals surface area contributed by atoms with Gasteiger partial charge in [-0.1, -0.05) is 12.2 Å². The molecule has 1 aliphatic rings. The van der Waals surface area contributed by atoms with Gasteiger partial charge in [-0.15, -0.1) is 0 Å². The summed E-state index contributed by atoms with van der Waals surface area (Å²) in [4.78, 5) is 2.40. The fourth-order valence-corrected chi connectivity index (χ4v) is 1.66. The zero-order valence-electron chi connectivity index (χ0n) is 8.43. The van der Waals surface area contributed by atoms with Crippen molar-refractivity contribution < 1.29 is 0 Å². The summed E-state index contributed by atoms with van der Waals surface area (Å²) >= 11 is 0. The standard InChI is InChI=1S/C10H20N2/c1-8(2)6-11-10-5-9(3)12(4)7-10/h9-11H,1,5-7H2,2-4H3. The molecule has 70 valence electrons. The molecule has 0 aliphatic carbocycles. The van der Waals surface area contributed by atoms with Crippen molar-refractivity contribution in [1.29, 1.82) is 0 Å². The highest BCUT2D eigenvalue weighted by atomic mass is 15.2. The predicted octanol–water partition coefficient (Wildman–Crippen LogP) is 1.24. The Morgan fingerprint density at radius 1 is 1.67 bits per heavy atom. The van der Waals surface area contributed by atoms with E-state index in [1.165, 1.54) is 18.5 Å². The van der Waals surface area contributed by atoms with Crippen LogP contribution in [-0.4, -0.2) is 37.1 Å². The molecular formula is C10H20N2. The van der Waals surface area contributed by atoms with E-state index in [1.54, 1.807) is 0 Å². The summed E-state index contributed by atoms with van der Waals surface area (Å²) in [5, 5.41) is 3.50. The van der Waals surface area contributed by atoms with Gasteiger partial charge in [0, 0.05) is 25.2 Å². The van der Waals surface area contributed by atoms with E-state index in [2.05, 4.69) is 37.7 Å². The molecule has 12 heavy (non-hydrogen) atoms. The van der Waals surface area contributed by atoms with Crippen molar-refractivity contribution >= 4 is 0 Å². The van der Waals surface area contributed by atoms with Crippen LogP contribution < -0.4 is 5.32 Å². The van der Waals surface area contributed by atoms with E-state index in [4.69, 9.17) is 0 Å². The Bertz CT molecular complexity index is 155. The summed E-state index contributed by atoms with van der Waals surface area (Å²) in [6.07, 6.45) is 1.27. The molecule has 2 atom stereocenters. The lowest BCUT2D eigenvalue weighted by atomic mass is 10.2. The van der Waals surface area contributed by atoms with Crippen LogP contribution in [0.4, 0.5) is 0 Å². The quantitative estimate of drug-likeness (QED) is 0.638. The lowest BCUT2D eigenvalue weighted by molar-refractivity contribution is 0.327. The van der Waals surface area contributed by atoms with E-state index < -0.39 is 0 Å². The number of likely N-dealkylation sites (tertiary alicyclic amines) is 1. The second kappa shape index (κ2) is 4.06. The minimum Gasteiger partial charge on any atom is -0.309 e. The highest BCUT2D eigenvalue weighted by Gasteiger charge is 2.24. The van der Waals surface area contributed by atoms with Crippen molar-refractivity contribution in [2.24, 2.45) is 0 Å². The molecule has 0 bridgehead atoms. The fraction of sp³-hybridized carbons (Fsp3) is 0.800. The Morgan fingerprint density at radius 2 is 2.33 bits per heavy atom. The van der Waals surface area contributed by atoms with E-state index >= 15 is 0 Å². The summed E-state index contributed by atoms with van der Waals surface area (Å²) in [6.45, 7) is 10.4. The molecule has 1 heterocycles. The van der Waals surface area contributed by atoms with Gasteiger partial charge in [-0.3, -0.25) is 0 Å². The molecule has 2 nitrogen and oxygen atoms in total. The van der Waals surface area contributed by atoms with E-state index in [9.17, 15) is 0 Å². The molecule has 0 aromatic rings. The number of nitrogens with one attached hydrogen (secondary N) is 1. The molecule has 1 saturated heterocycles. The number of rotatable bonds is 3. The normalized spacial score (nSPS) is 30.9. The summed E-state index contributed by atoms with van der Waals surface area (Å²) in [6, 6.07) is 1.40. The molecule has 0 spiro atoms. The third-order valence-electron chi connectivity index (χ3n) is 2.58. The van der Waals surface area contributed by atoms with E-state index in [0.717, 1.165) is 12.6 Å². The lowest BCUT2D eigenvalue weighted by Crippen LogP contribution is -2.32. The third-order valence-corrected chi connectivity index (χ3v) is 2.58. The van der Waals surface area contributed by atoms with Crippen LogP contribution in [-0.2, 0) is 0 Å². The Balaban J connectivity index is 2.23.